The lowest BCUT2D eigenvalue weighted by atomic mass is 10.1. The van der Waals surface area contributed by atoms with E-state index in [0.717, 1.165) is 17.1 Å². The highest BCUT2D eigenvalue weighted by Gasteiger charge is 2.56. The van der Waals surface area contributed by atoms with E-state index < -0.39 is 30.3 Å². The number of halogens is 1. The van der Waals surface area contributed by atoms with Gasteiger partial charge in [0.15, 0.2) is 17.7 Å². The number of benzene rings is 1. The summed E-state index contributed by atoms with van der Waals surface area (Å²) >= 11 is 8.22. The highest BCUT2D eigenvalue weighted by molar-refractivity contribution is 7.99. The highest BCUT2D eigenvalue weighted by Crippen LogP contribution is 2.43. The van der Waals surface area contributed by atoms with E-state index in [2.05, 4.69) is 38.4 Å². The lowest BCUT2D eigenvalue weighted by Crippen LogP contribution is -2.31. The Morgan fingerprint density at radius 2 is 1.70 bits per heavy atom. The molecule has 0 unspecified atom stereocenters. The number of thioether (sulfide) groups is 1. The van der Waals surface area contributed by atoms with E-state index in [1.807, 2.05) is 32.0 Å². The molecule has 2 fully saturated rings. The van der Waals surface area contributed by atoms with Crippen molar-refractivity contribution in [3.63, 3.8) is 0 Å². The van der Waals surface area contributed by atoms with Gasteiger partial charge in [-0.05, 0) is 31.0 Å². The van der Waals surface area contributed by atoms with Crippen LogP contribution < -0.4 is 5.32 Å². The van der Waals surface area contributed by atoms with Crippen molar-refractivity contribution in [2.24, 2.45) is 0 Å². The SMILES string of the molecule is C#CCOCCOCCOCCOCCSC[C@H](Nc1nc(Cl)nc2c1cnn2[C@@H]1O[C@H](CO)[C@H]2OC(C)(C)O[C@H]21)c1ccccc1. The number of fused-ring (bicyclic) bond motifs is 2. The first kappa shape index (κ1) is 35.7. The maximum Gasteiger partial charge on any atom is 0.226 e. The van der Waals surface area contributed by atoms with Crippen LogP contribution in [0.5, 0.6) is 0 Å². The van der Waals surface area contributed by atoms with Gasteiger partial charge >= 0.3 is 0 Å². The van der Waals surface area contributed by atoms with Gasteiger partial charge in [0.05, 0.1) is 70.5 Å². The van der Waals surface area contributed by atoms with E-state index in [-0.39, 0.29) is 17.9 Å². The molecule has 1 aromatic carbocycles. The van der Waals surface area contributed by atoms with Crippen molar-refractivity contribution in [2.45, 2.75) is 50.2 Å². The molecule has 0 saturated carbocycles. The topological polar surface area (TPSA) is 140 Å². The van der Waals surface area contributed by atoms with Crippen LogP contribution in [0.15, 0.2) is 36.5 Å². The number of nitrogens with zero attached hydrogens (tertiary/aromatic N) is 4. The Morgan fingerprint density at radius 3 is 2.40 bits per heavy atom. The molecular formula is C32H42ClN5O8S. The van der Waals surface area contributed by atoms with Crippen molar-refractivity contribution in [1.82, 2.24) is 19.7 Å². The molecule has 2 aromatic heterocycles. The summed E-state index contributed by atoms with van der Waals surface area (Å²) in [5.74, 6) is 3.69. The van der Waals surface area contributed by atoms with Crippen LogP contribution in [0.1, 0.15) is 31.7 Å². The molecule has 0 aliphatic carbocycles. The number of aliphatic hydroxyl groups excluding tert-OH is 1. The first-order valence-corrected chi connectivity index (χ1v) is 17.1. The molecule has 4 heterocycles. The number of nitrogens with one attached hydrogen (secondary N) is 1. The largest absolute Gasteiger partial charge is 0.394 e. The second-order valence-corrected chi connectivity index (χ2v) is 12.7. The van der Waals surface area contributed by atoms with Crippen molar-refractivity contribution in [3.8, 4) is 12.3 Å². The minimum Gasteiger partial charge on any atom is -0.394 e. The number of terminal acetylenes is 1. The Balaban J connectivity index is 1.14. The third-order valence-electron chi connectivity index (χ3n) is 7.44. The van der Waals surface area contributed by atoms with Crippen molar-refractivity contribution in [3.05, 3.63) is 47.4 Å². The predicted molar refractivity (Wildman–Crippen MR) is 177 cm³/mol. The molecule has 0 spiro atoms. The van der Waals surface area contributed by atoms with Crippen LogP contribution in [0.25, 0.3) is 11.0 Å². The van der Waals surface area contributed by atoms with Gasteiger partial charge in [0.1, 0.15) is 30.7 Å². The predicted octanol–water partition coefficient (Wildman–Crippen LogP) is 3.48. The number of rotatable bonds is 20. The summed E-state index contributed by atoms with van der Waals surface area (Å²) < 4.78 is 41.8. The number of hydrogen-bond acceptors (Lipinski definition) is 13. The number of ether oxygens (including phenoxy) is 7. The summed E-state index contributed by atoms with van der Waals surface area (Å²) in [6, 6.07) is 10.1. The first-order valence-electron chi connectivity index (χ1n) is 15.6. The molecule has 2 aliphatic heterocycles. The molecule has 47 heavy (non-hydrogen) atoms. The number of hydrogen-bond donors (Lipinski definition) is 2. The third kappa shape index (κ3) is 9.76. The Labute approximate surface area is 283 Å². The van der Waals surface area contributed by atoms with E-state index >= 15 is 0 Å². The van der Waals surface area contributed by atoms with Gasteiger partial charge in [0.2, 0.25) is 5.28 Å². The van der Waals surface area contributed by atoms with E-state index in [4.69, 9.17) is 51.2 Å². The van der Waals surface area contributed by atoms with E-state index in [1.54, 1.807) is 22.6 Å². The Morgan fingerprint density at radius 1 is 1.02 bits per heavy atom. The maximum atomic E-state index is 9.94. The van der Waals surface area contributed by atoms with Crippen molar-refractivity contribution >= 4 is 40.2 Å². The second kappa shape index (κ2) is 17.7. The monoisotopic (exact) mass is 691 g/mol. The van der Waals surface area contributed by atoms with Crippen LogP contribution in [-0.4, -0.2) is 120 Å². The molecule has 3 aromatic rings. The molecule has 2 aliphatic rings. The maximum absolute atomic E-state index is 9.94. The summed E-state index contributed by atoms with van der Waals surface area (Å²) in [7, 11) is 0. The van der Waals surface area contributed by atoms with Gasteiger partial charge in [-0.15, -0.1) is 6.42 Å². The van der Waals surface area contributed by atoms with Gasteiger partial charge in [-0.25, -0.2) is 4.68 Å². The van der Waals surface area contributed by atoms with Gasteiger partial charge in [-0.1, -0.05) is 36.3 Å². The lowest BCUT2D eigenvalue weighted by molar-refractivity contribution is -0.201. The molecule has 0 radical (unpaired) electrons. The fourth-order valence-electron chi connectivity index (χ4n) is 5.38. The molecule has 15 heteroatoms. The molecule has 0 amide bonds. The number of aliphatic hydroxyl groups is 1. The normalized spacial score (nSPS) is 22.4. The molecule has 13 nitrogen and oxygen atoms in total. The Hall–Kier alpha value is -2.55. The quantitative estimate of drug-likeness (QED) is 0.102. The molecule has 0 bridgehead atoms. The average molecular weight is 692 g/mol. The minimum absolute atomic E-state index is 0.0645. The molecule has 5 atom stereocenters. The fourth-order valence-corrected chi connectivity index (χ4v) is 6.46. The first-order chi connectivity index (χ1) is 22.9. The summed E-state index contributed by atoms with van der Waals surface area (Å²) in [5, 5.41) is 18.9. The third-order valence-corrected chi connectivity index (χ3v) is 8.64. The van der Waals surface area contributed by atoms with Crippen LogP contribution in [0, 0.1) is 12.3 Å². The standard InChI is InChI=1S/C32H42ClN5O8S/c1-4-10-40-11-12-41-13-14-42-15-16-43-17-18-47-21-24(22-8-6-5-7-9-22)35-28-23-19-34-38(29(23)37-31(33)36-28)30-27-26(25(20-39)44-30)45-32(2,3)46-27/h1,5-9,19,24-27,30,39H,10-18,20-21H2,2-3H3,(H,35,36,37)/t24-,25+,26+,27+,30+/m0/s1. The summed E-state index contributed by atoms with van der Waals surface area (Å²) in [5.41, 5.74) is 1.58. The zero-order chi connectivity index (χ0) is 33.1. The van der Waals surface area contributed by atoms with Crippen LogP contribution >= 0.6 is 23.4 Å². The fraction of sp³-hybridized carbons (Fsp3) is 0.594. The Bertz CT molecular complexity index is 1440. The van der Waals surface area contributed by atoms with Crippen LogP contribution in [0.3, 0.4) is 0 Å². The minimum atomic E-state index is -0.818. The molecule has 2 N–H and O–H groups in total. The zero-order valence-corrected chi connectivity index (χ0v) is 28.2. The summed E-state index contributed by atoms with van der Waals surface area (Å²) in [4.78, 5) is 9.03. The van der Waals surface area contributed by atoms with E-state index in [0.29, 0.717) is 69.7 Å². The van der Waals surface area contributed by atoms with Crippen LogP contribution in [-0.2, 0) is 33.2 Å². The molecule has 256 valence electrons. The molecular weight excluding hydrogens is 650 g/mol. The summed E-state index contributed by atoms with van der Waals surface area (Å²) in [6.45, 7) is 7.30. The van der Waals surface area contributed by atoms with Crippen molar-refractivity contribution in [2.75, 3.05) is 76.3 Å². The smallest absolute Gasteiger partial charge is 0.226 e. The van der Waals surface area contributed by atoms with Crippen LogP contribution in [0.4, 0.5) is 5.82 Å². The summed E-state index contributed by atoms with van der Waals surface area (Å²) in [6.07, 6.45) is 4.65. The van der Waals surface area contributed by atoms with Crippen molar-refractivity contribution in [1.29, 1.82) is 0 Å². The van der Waals surface area contributed by atoms with Gasteiger partial charge in [-0.3, -0.25) is 0 Å². The van der Waals surface area contributed by atoms with Crippen molar-refractivity contribution < 1.29 is 38.3 Å². The van der Waals surface area contributed by atoms with Gasteiger partial charge in [0, 0.05) is 11.5 Å². The van der Waals surface area contributed by atoms with Gasteiger partial charge in [-0.2, -0.15) is 26.8 Å². The highest BCUT2D eigenvalue weighted by atomic mass is 35.5. The van der Waals surface area contributed by atoms with Crippen LogP contribution in [0.2, 0.25) is 5.28 Å². The van der Waals surface area contributed by atoms with Gasteiger partial charge < -0.3 is 43.6 Å². The molecule has 5 rings (SSSR count). The molecule has 2 saturated heterocycles. The van der Waals surface area contributed by atoms with E-state index in [9.17, 15) is 5.11 Å². The lowest BCUT2D eigenvalue weighted by Gasteiger charge is -2.24. The number of aromatic nitrogens is 4. The zero-order valence-electron chi connectivity index (χ0n) is 26.6. The van der Waals surface area contributed by atoms with Gasteiger partial charge in [0.25, 0.3) is 0 Å². The number of anilines is 1. The second-order valence-electron chi connectivity index (χ2n) is 11.3. The Kier molecular flexibility index (Phi) is 13.5. The van der Waals surface area contributed by atoms with E-state index in [1.165, 1.54) is 0 Å². The average Bonchev–Trinajstić information content (AvgIpc) is 3.72.